The third-order valence-electron chi connectivity index (χ3n) is 13.3. The zero-order valence-corrected chi connectivity index (χ0v) is 42.3. The van der Waals surface area contributed by atoms with E-state index in [0.717, 1.165) is 34.7 Å². The molecule has 1 fully saturated rings. The molecule has 0 aliphatic carbocycles. The molecule has 12 nitrogen and oxygen atoms in total. The van der Waals surface area contributed by atoms with E-state index in [4.69, 9.17) is 14.2 Å². The lowest BCUT2D eigenvalue weighted by Gasteiger charge is -2.41. The van der Waals surface area contributed by atoms with E-state index >= 15 is 0 Å². The number of hydrogen-bond donors (Lipinski definition) is 1. The van der Waals surface area contributed by atoms with Gasteiger partial charge >= 0.3 is 0 Å². The highest BCUT2D eigenvalue weighted by molar-refractivity contribution is 7.09. The minimum absolute atomic E-state index is 0.0106. The molecular formula is C52H79N5O7S. The molecule has 3 amide bonds. The first kappa shape index (κ1) is 53.4. The molecule has 2 aromatic carbocycles. The molecule has 1 aromatic heterocycles. The van der Waals surface area contributed by atoms with Crippen molar-refractivity contribution in [3.05, 3.63) is 82.3 Å². The largest absolute Gasteiger partial charge is 0.491 e. The molecule has 1 aliphatic heterocycles. The Balaban J connectivity index is 1.47. The lowest BCUT2D eigenvalue weighted by Crippen LogP contribution is -2.54. The van der Waals surface area contributed by atoms with Gasteiger partial charge in [0.05, 0.1) is 54.8 Å². The molecular weight excluding hydrogens is 839 g/mol. The Bertz CT molecular complexity index is 1910. The molecule has 3 aromatic rings. The Morgan fingerprint density at radius 1 is 0.877 bits per heavy atom. The van der Waals surface area contributed by atoms with E-state index in [1.807, 2.05) is 107 Å². The molecule has 1 N–H and O–H groups in total. The molecule has 1 aliphatic rings. The van der Waals surface area contributed by atoms with Crippen molar-refractivity contribution in [2.75, 3.05) is 34.9 Å². The predicted octanol–water partition coefficient (Wildman–Crippen LogP) is 8.64. The Morgan fingerprint density at radius 3 is 2.11 bits per heavy atom. The topological polar surface area (TPSA) is 131 Å². The predicted molar refractivity (Wildman–Crippen MR) is 260 cm³/mol. The van der Waals surface area contributed by atoms with Crippen LogP contribution in [0.2, 0.25) is 0 Å². The van der Waals surface area contributed by atoms with E-state index in [2.05, 4.69) is 42.9 Å². The summed E-state index contributed by atoms with van der Waals surface area (Å²) in [5.74, 6) is -0.757. The number of rotatable bonds is 26. The van der Waals surface area contributed by atoms with Crippen LogP contribution in [0.1, 0.15) is 117 Å². The number of nitrogens with one attached hydrogen (secondary N) is 1. The fourth-order valence-corrected chi connectivity index (χ4v) is 10.4. The van der Waals surface area contributed by atoms with Gasteiger partial charge < -0.3 is 29.3 Å². The lowest BCUT2D eigenvalue weighted by atomic mass is 9.83. The molecule has 0 bridgehead atoms. The van der Waals surface area contributed by atoms with Gasteiger partial charge in [0.1, 0.15) is 10.8 Å². The number of likely N-dealkylation sites (N-methyl/N-ethyl adjacent to an activating group) is 2. The van der Waals surface area contributed by atoms with Gasteiger partial charge in [0, 0.05) is 58.3 Å². The van der Waals surface area contributed by atoms with Crippen molar-refractivity contribution in [2.45, 2.75) is 150 Å². The van der Waals surface area contributed by atoms with Gasteiger partial charge in [-0.25, -0.2) is 4.98 Å². The third kappa shape index (κ3) is 14.7. The van der Waals surface area contributed by atoms with Crippen LogP contribution in [0.4, 0.5) is 0 Å². The van der Waals surface area contributed by atoms with Crippen LogP contribution in [0.25, 0.3) is 0 Å². The summed E-state index contributed by atoms with van der Waals surface area (Å²) in [5, 5.41) is 5.99. The van der Waals surface area contributed by atoms with E-state index in [-0.39, 0.29) is 78.3 Å². The number of hydrogen-bond acceptors (Lipinski definition) is 10. The summed E-state index contributed by atoms with van der Waals surface area (Å²) in [7, 11) is 6.98. The standard InChI is InChI=1S/C52H79N5O7S/c1-14-36(8)48(56(11)52(61)41(33(2)3)30-44(58)47(34(4)5)55(10)32-39-22-24-40(25-23-39)64-35(6)7)45(62-12)31-46(59)57-27-18-21-43(57)49(63-13)37(9)50(60)54-42(51-53-26-28-65-51)29-38-19-16-15-17-20-38/h15-17,19-20,22-26,28,33-37,41-43,45,47-49H,14,18,21,27,29-32H2,1-13H3,(H,54,60)/t36-,37+,41-,42-,43-,45+,47-,48-,49+/m0/s1. The van der Waals surface area contributed by atoms with Crippen molar-refractivity contribution < 1.29 is 33.4 Å². The van der Waals surface area contributed by atoms with Crippen LogP contribution in [0.15, 0.2) is 66.2 Å². The van der Waals surface area contributed by atoms with Crippen molar-refractivity contribution >= 4 is 34.8 Å². The highest BCUT2D eigenvalue weighted by Gasteiger charge is 2.43. The molecule has 0 radical (unpaired) electrons. The molecule has 2 heterocycles. The average molecular weight is 918 g/mol. The highest BCUT2D eigenvalue weighted by atomic mass is 32.1. The van der Waals surface area contributed by atoms with Crippen LogP contribution < -0.4 is 10.1 Å². The van der Waals surface area contributed by atoms with Crippen molar-refractivity contribution in [3.8, 4) is 5.75 Å². The Kier molecular flexibility index (Phi) is 21.1. The molecule has 4 rings (SSSR count). The summed E-state index contributed by atoms with van der Waals surface area (Å²) in [6.07, 6.45) is 3.66. The minimum Gasteiger partial charge on any atom is -0.491 e. The monoisotopic (exact) mass is 918 g/mol. The van der Waals surface area contributed by atoms with Gasteiger partial charge in [-0.1, -0.05) is 97.4 Å². The molecule has 0 spiro atoms. The number of methoxy groups -OCH3 is 2. The van der Waals surface area contributed by atoms with Gasteiger partial charge in [0.2, 0.25) is 17.7 Å². The zero-order chi connectivity index (χ0) is 48.0. The second-order valence-corrected chi connectivity index (χ2v) is 20.1. The Hall–Kier alpha value is -4.17. The molecule has 360 valence electrons. The summed E-state index contributed by atoms with van der Waals surface area (Å²) in [6, 6.07) is 16.6. The maximum Gasteiger partial charge on any atom is 0.226 e. The molecule has 13 heteroatoms. The van der Waals surface area contributed by atoms with E-state index in [9.17, 15) is 19.2 Å². The Labute approximate surface area is 394 Å². The van der Waals surface area contributed by atoms with Crippen molar-refractivity contribution in [1.29, 1.82) is 0 Å². The van der Waals surface area contributed by atoms with Crippen molar-refractivity contribution in [1.82, 2.24) is 25.0 Å². The van der Waals surface area contributed by atoms with Gasteiger partial charge in [-0.3, -0.25) is 24.1 Å². The van der Waals surface area contributed by atoms with Crippen LogP contribution in [0.3, 0.4) is 0 Å². The van der Waals surface area contributed by atoms with E-state index < -0.39 is 30.1 Å². The summed E-state index contributed by atoms with van der Waals surface area (Å²) in [5.41, 5.74) is 2.16. The number of ketones is 1. The number of aromatic nitrogens is 1. The number of amides is 3. The Morgan fingerprint density at radius 2 is 1.55 bits per heavy atom. The maximum atomic E-state index is 14.7. The number of benzene rings is 2. The number of nitrogens with zero attached hydrogens (tertiary/aromatic N) is 4. The van der Waals surface area contributed by atoms with Crippen LogP contribution in [0.5, 0.6) is 5.75 Å². The number of ether oxygens (including phenoxy) is 3. The number of Topliss-reactive ketones (excluding diaryl/α,β-unsaturated/α-hetero) is 1. The molecule has 0 saturated carbocycles. The van der Waals surface area contributed by atoms with Gasteiger partial charge in [-0.2, -0.15) is 0 Å². The smallest absolute Gasteiger partial charge is 0.226 e. The number of thiazole rings is 1. The van der Waals surface area contributed by atoms with Crippen LogP contribution >= 0.6 is 11.3 Å². The second kappa shape index (κ2) is 25.7. The van der Waals surface area contributed by atoms with E-state index in [0.29, 0.717) is 25.9 Å². The number of likely N-dealkylation sites (tertiary alicyclic amines) is 1. The quantitative estimate of drug-likeness (QED) is 0.0842. The number of carbonyl (C=O) groups is 4. The highest BCUT2D eigenvalue weighted by Crippen LogP contribution is 2.32. The average Bonchev–Trinajstić information content (AvgIpc) is 3.99. The molecule has 1 saturated heterocycles. The molecule has 65 heavy (non-hydrogen) atoms. The molecule has 0 unspecified atom stereocenters. The SMILES string of the molecule is CC[C@H](C)[C@@H]([C@@H](CC(=O)N1CCC[C@H]1[C@H](OC)[C@@H](C)C(=O)N[C@@H](Cc1ccccc1)c1nccs1)OC)N(C)C(=O)[C@@H](CC(=O)[C@H](C(C)C)N(C)Cc1ccc(OC(C)C)cc1)C(C)C. The first-order chi connectivity index (χ1) is 30.9. The van der Waals surface area contributed by atoms with Crippen LogP contribution in [0, 0.1) is 29.6 Å². The van der Waals surface area contributed by atoms with Gasteiger partial charge in [-0.15, -0.1) is 11.3 Å². The fourth-order valence-electron chi connectivity index (χ4n) is 9.73. The van der Waals surface area contributed by atoms with Gasteiger partial charge in [-0.05, 0) is 81.2 Å². The van der Waals surface area contributed by atoms with Crippen LogP contribution in [-0.4, -0.2) is 114 Å². The van der Waals surface area contributed by atoms with Crippen LogP contribution in [-0.2, 0) is 41.6 Å². The summed E-state index contributed by atoms with van der Waals surface area (Å²) in [4.78, 5) is 67.8. The zero-order valence-electron chi connectivity index (χ0n) is 41.5. The fraction of sp³-hybridized carbons (Fsp3) is 0.635. The first-order valence-electron chi connectivity index (χ1n) is 23.8. The third-order valence-corrected chi connectivity index (χ3v) is 14.2. The normalized spacial score (nSPS) is 18.0. The summed E-state index contributed by atoms with van der Waals surface area (Å²) < 4.78 is 18.1. The van der Waals surface area contributed by atoms with E-state index in [1.54, 1.807) is 32.4 Å². The molecule has 9 atom stereocenters. The summed E-state index contributed by atoms with van der Waals surface area (Å²) >= 11 is 1.51. The lowest BCUT2D eigenvalue weighted by molar-refractivity contribution is -0.149. The first-order valence-corrected chi connectivity index (χ1v) is 24.6. The summed E-state index contributed by atoms with van der Waals surface area (Å²) in [6.45, 7) is 19.2. The van der Waals surface area contributed by atoms with Gasteiger partial charge in [0.15, 0.2) is 5.78 Å². The van der Waals surface area contributed by atoms with Crippen molar-refractivity contribution in [3.63, 3.8) is 0 Å². The second-order valence-electron chi connectivity index (χ2n) is 19.1. The van der Waals surface area contributed by atoms with E-state index in [1.165, 1.54) is 11.3 Å². The minimum atomic E-state index is -0.609. The van der Waals surface area contributed by atoms with Crippen molar-refractivity contribution in [2.24, 2.45) is 29.6 Å². The maximum absolute atomic E-state index is 14.7. The van der Waals surface area contributed by atoms with Gasteiger partial charge in [0.25, 0.3) is 0 Å². The number of carbonyl (C=O) groups excluding carboxylic acids is 4.